The van der Waals surface area contributed by atoms with Crippen LogP contribution in [0.25, 0.3) is 0 Å². The molecule has 0 radical (unpaired) electrons. The summed E-state index contributed by atoms with van der Waals surface area (Å²) in [4.78, 5) is 12.1. The normalized spacial score (nSPS) is 29.6. The molecule has 0 unspecified atom stereocenters. The minimum Gasteiger partial charge on any atom is -0.325 e. The van der Waals surface area contributed by atoms with E-state index >= 15 is 0 Å². The minimum absolute atomic E-state index is 0.0770. The lowest BCUT2D eigenvalue weighted by Gasteiger charge is -2.24. The molecular formula is C15H19NO. The molecular weight excluding hydrogens is 210 g/mol. The molecule has 3 rings (SSSR count). The van der Waals surface area contributed by atoms with Gasteiger partial charge in [-0.05, 0) is 36.0 Å². The van der Waals surface area contributed by atoms with Crippen molar-refractivity contribution in [3.05, 3.63) is 29.3 Å². The molecule has 1 aliphatic carbocycles. The zero-order valence-corrected chi connectivity index (χ0v) is 10.7. The second-order valence-corrected chi connectivity index (χ2v) is 5.72. The highest BCUT2D eigenvalue weighted by Gasteiger charge is 2.61. The molecule has 1 aliphatic heterocycles. The van der Waals surface area contributed by atoms with E-state index in [1.807, 2.05) is 0 Å². The summed E-state index contributed by atoms with van der Waals surface area (Å²) in [6.45, 7) is 6.48. The van der Waals surface area contributed by atoms with Gasteiger partial charge in [-0.1, -0.05) is 32.9 Å². The molecule has 1 fully saturated rings. The highest BCUT2D eigenvalue weighted by Crippen LogP contribution is 2.65. The standard InChI is InChI=1S/C15H19NO/c1-4-15-8-12(15)11-6-5-10(9(2)3)7-13(11)16-14(15)17/h5-7,9,12H,4,8H2,1-3H3,(H,16,17)/t12-,15-/m0/s1. The summed E-state index contributed by atoms with van der Waals surface area (Å²) >= 11 is 0. The Labute approximate surface area is 102 Å². The van der Waals surface area contributed by atoms with Crippen molar-refractivity contribution in [3.63, 3.8) is 0 Å². The first kappa shape index (κ1) is 10.8. The van der Waals surface area contributed by atoms with Gasteiger partial charge in [-0.15, -0.1) is 0 Å². The first-order chi connectivity index (χ1) is 8.08. The van der Waals surface area contributed by atoms with Crippen molar-refractivity contribution in [2.45, 2.75) is 45.4 Å². The Balaban J connectivity index is 2.03. The summed E-state index contributed by atoms with van der Waals surface area (Å²) in [5.41, 5.74) is 3.61. The van der Waals surface area contributed by atoms with Gasteiger partial charge in [0.05, 0.1) is 5.41 Å². The topological polar surface area (TPSA) is 29.1 Å². The predicted octanol–water partition coefficient (Wildman–Crippen LogP) is 3.65. The van der Waals surface area contributed by atoms with Crippen LogP contribution in [0, 0.1) is 5.41 Å². The van der Waals surface area contributed by atoms with Gasteiger partial charge in [0, 0.05) is 11.6 Å². The fourth-order valence-electron chi connectivity index (χ4n) is 3.11. The number of hydrogen-bond acceptors (Lipinski definition) is 1. The summed E-state index contributed by atoms with van der Waals surface area (Å²) in [5.74, 6) is 1.21. The average molecular weight is 229 g/mol. The Morgan fingerprint density at radius 1 is 1.47 bits per heavy atom. The highest BCUT2D eigenvalue weighted by atomic mass is 16.2. The molecule has 1 saturated carbocycles. The van der Waals surface area contributed by atoms with E-state index < -0.39 is 0 Å². The first-order valence-electron chi connectivity index (χ1n) is 6.54. The van der Waals surface area contributed by atoms with Gasteiger partial charge in [-0.25, -0.2) is 0 Å². The van der Waals surface area contributed by atoms with E-state index in [2.05, 4.69) is 44.3 Å². The van der Waals surface area contributed by atoms with Crippen LogP contribution in [0.4, 0.5) is 5.69 Å². The van der Waals surface area contributed by atoms with Crippen LogP contribution in [0.15, 0.2) is 18.2 Å². The number of amides is 1. The van der Waals surface area contributed by atoms with Crippen LogP contribution in [0.2, 0.25) is 0 Å². The van der Waals surface area contributed by atoms with Crippen LogP contribution >= 0.6 is 0 Å². The number of rotatable bonds is 2. The van der Waals surface area contributed by atoms with Crippen molar-refractivity contribution in [2.24, 2.45) is 5.41 Å². The first-order valence-corrected chi connectivity index (χ1v) is 6.54. The maximum Gasteiger partial charge on any atom is 0.231 e. The lowest BCUT2D eigenvalue weighted by molar-refractivity contribution is -0.121. The van der Waals surface area contributed by atoms with E-state index in [0.717, 1.165) is 18.5 Å². The Bertz CT molecular complexity index is 492. The summed E-state index contributed by atoms with van der Waals surface area (Å²) in [7, 11) is 0. The lowest BCUT2D eigenvalue weighted by Crippen LogP contribution is -2.29. The quantitative estimate of drug-likeness (QED) is 0.824. The summed E-state index contributed by atoms with van der Waals surface area (Å²) < 4.78 is 0. The number of hydrogen-bond donors (Lipinski definition) is 1. The van der Waals surface area contributed by atoms with Crippen LogP contribution in [0.3, 0.4) is 0 Å². The highest BCUT2D eigenvalue weighted by molar-refractivity contribution is 6.02. The molecule has 17 heavy (non-hydrogen) atoms. The zero-order valence-electron chi connectivity index (χ0n) is 10.7. The van der Waals surface area contributed by atoms with Gasteiger partial charge in [0.1, 0.15) is 0 Å². The van der Waals surface area contributed by atoms with E-state index in [1.165, 1.54) is 11.1 Å². The zero-order chi connectivity index (χ0) is 12.2. The molecule has 0 spiro atoms. The van der Waals surface area contributed by atoms with Gasteiger partial charge in [-0.3, -0.25) is 4.79 Å². The Kier molecular flexibility index (Phi) is 2.13. The van der Waals surface area contributed by atoms with Crippen molar-refractivity contribution in [3.8, 4) is 0 Å². The SMILES string of the molecule is CC[C@]12C[C@H]1c1ccc(C(C)C)cc1NC2=O. The molecule has 2 heteroatoms. The van der Waals surface area contributed by atoms with Gasteiger partial charge in [0.2, 0.25) is 5.91 Å². The third-order valence-electron chi connectivity index (χ3n) is 4.53. The monoisotopic (exact) mass is 229 g/mol. The van der Waals surface area contributed by atoms with Gasteiger partial charge in [0.15, 0.2) is 0 Å². The summed E-state index contributed by atoms with van der Waals surface area (Å²) in [6, 6.07) is 6.57. The van der Waals surface area contributed by atoms with Crippen LogP contribution in [0.5, 0.6) is 0 Å². The molecule has 90 valence electrons. The lowest BCUT2D eigenvalue weighted by atomic mass is 9.89. The molecule has 1 N–H and O–H groups in total. The van der Waals surface area contributed by atoms with Gasteiger partial charge < -0.3 is 5.32 Å². The van der Waals surface area contributed by atoms with Crippen molar-refractivity contribution < 1.29 is 4.79 Å². The maximum atomic E-state index is 12.1. The number of carbonyl (C=O) groups is 1. The fraction of sp³-hybridized carbons (Fsp3) is 0.533. The third kappa shape index (κ3) is 1.36. The van der Waals surface area contributed by atoms with E-state index in [4.69, 9.17) is 0 Å². The molecule has 1 amide bonds. The van der Waals surface area contributed by atoms with E-state index in [-0.39, 0.29) is 11.3 Å². The maximum absolute atomic E-state index is 12.1. The smallest absolute Gasteiger partial charge is 0.231 e. The molecule has 1 heterocycles. The van der Waals surface area contributed by atoms with Gasteiger partial charge in [0.25, 0.3) is 0 Å². The largest absolute Gasteiger partial charge is 0.325 e. The van der Waals surface area contributed by atoms with E-state index in [0.29, 0.717) is 11.8 Å². The van der Waals surface area contributed by atoms with Crippen molar-refractivity contribution >= 4 is 11.6 Å². The number of anilines is 1. The van der Waals surface area contributed by atoms with Crippen molar-refractivity contribution in [2.75, 3.05) is 5.32 Å². The van der Waals surface area contributed by atoms with Crippen molar-refractivity contribution in [1.82, 2.24) is 0 Å². The Morgan fingerprint density at radius 2 is 2.24 bits per heavy atom. The molecule has 2 nitrogen and oxygen atoms in total. The van der Waals surface area contributed by atoms with Crippen LogP contribution in [0.1, 0.15) is 56.6 Å². The molecule has 1 aromatic carbocycles. The number of benzene rings is 1. The average Bonchev–Trinajstić information content (AvgIpc) is 3.05. The van der Waals surface area contributed by atoms with Gasteiger partial charge >= 0.3 is 0 Å². The minimum atomic E-state index is -0.0770. The number of fused-ring (bicyclic) bond motifs is 3. The summed E-state index contributed by atoms with van der Waals surface area (Å²) in [6.07, 6.45) is 1.98. The third-order valence-corrected chi connectivity index (χ3v) is 4.53. The number of nitrogens with one attached hydrogen (secondary N) is 1. The van der Waals surface area contributed by atoms with Crippen molar-refractivity contribution in [1.29, 1.82) is 0 Å². The molecule has 2 atom stereocenters. The molecule has 2 aliphatic rings. The molecule has 1 aromatic rings. The predicted molar refractivity (Wildman–Crippen MR) is 69.2 cm³/mol. The molecule has 0 saturated heterocycles. The van der Waals surface area contributed by atoms with E-state index in [1.54, 1.807) is 0 Å². The van der Waals surface area contributed by atoms with Crippen LogP contribution in [-0.4, -0.2) is 5.91 Å². The summed E-state index contributed by atoms with van der Waals surface area (Å²) in [5, 5.41) is 3.10. The number of carbonyl (C=O) groups excluding carboxylic acids is 1. The van der Waals surface area contributed by atoms with Gasteiger partial charge in [-0.2, -0.15) is 0 Å². The molecule has 0 aromatic heterocycles. The van der Waals surface area contributed by atoms with E-state index in [9.17, 15) is 4.79 Å². The van der Waals surface area contributed by atoms with Crippen LogP contribution < -0.4 is 5.32 Å². The second kappa shape index (κ2) is 3.34. The Hall–Kier alpha value is -1.31. The molecule has 0 bridgehead atoms. The fourth-order valence-corrected chi connectivity index (χ4v) is 3.11. The van der Waals surface area contributed by atoms with Crippen LogP contribution in [-0.2, 0) is 4.79 Å². The Morgan fingerprint density at radius 3 is 2.88 bits per heavy atom. The second-order valence-electron chi connectivity index (χ2n) is 5.72.